The number of amides is 2. The normalized spacial score (nSPS) is 25.7. The van der Waals surface area contributed by atoms with Gasteiger partial charge in [0.2, 0.25) is 0 Å². The van der Waals surface area contributed by atoms with Crippen molar-refractivity contribution in [3.05, 3.63) is 22.4 Å². The minimum atomic E-state index is 0.0240. The van der Waals surface area contributed by atoms with Crippen LogP contribution >= 0.6 is 23.2 Å². The molecule has 2 amide bonds. The van der Waals surface area contributed by atoms with Crippen molar-refractivity contribution in [3.63, 3.8) is 0 Å². The lowest BCUT2D eigenvalue weighted by atomic mass is 9.84. The fourth-order valence-corrected chi connectivity index (χ4v) is 4.86. The van der Waals surface area contributed by atoms with Crippen LogP contribution in [0.5, 0.6) is 0 Å². The molecule has 3 rings (SSSR count). The second-order valence-corrected chi connectivity index (χ2v) is 9.36. The maximum absolute atomic E-state index is 11.8. The van der Waals surface area contributed by atoms with Gasteiger partial charge in [-0.1, -0.05) is 23.2 Å². The fraction of sp³-hybridized carbons (Fsp3) is 0.714. The van der Waals surface area contributed by atoms with E-state index in [0.717, 1.165) is 50.6 Å². The molecule has 1 aliphatic heterocycles. The third-order valence-electron chi connectivity index (χ3n) is 6.28. The Balaban J connectivity index is 1.41. The molecule has 8 heteroatoms. The standard InChI is InChI=1S/C21H33Cl2N5O/c1-15-14-27(12-13-28(15)18-8-10-24-20(23)19(18)22)11-9-16-4-6-17(7-5-16)25-21(29)26(2)3/h8,10,15-17H,4-7,9,11-14H2,1-3H3,(H,25,29)/t15-,16-,17-/m1/s1. The number of nitrogens with one attached hydrogen (secondary N) is 1. The number of nitrogens with zero attached hydrogens (tertiary/aromatic N) is 4. The number of carbonyl (C=O) groups is 1. The van der Waals surface area contributed by atoms with Crippen LogP contribution in [-0.4, -0.2) is 73.2 Å². The van der Waals surface area contributed by atoms with Crippen LogP contribution in [0.1, 0.15) is 39.0 Å². The quantitative estimate of drug-likeness (QED) is 0.698. The number of rotatable bonds is 5. The van der Waals surface area contributed by atoms with E-state index in [1.54, 1.807) is 25.2 Å². The molecule has 2 aliphatic rings. The molecule has 0 radical (unpaired) electrons. The summed E-state index contributed by atoms with van der Waals surface area (Å²) in [5.74, 6) is 0.768. The number of halogens is 2. The molecule has 2 heterocycles. The van der Waals surface area contributed by atoms with Gasteiger partial charge in [-0.25, -0.2) is 9.78 Å². The molecule has 2 fully saturated rings. The van der Waals surface area contributed by atoms with E-state index >= 15 is 0 Å². The van der Waals surface area contributed by atoms with Crippen molar-refractivity contribution >= 4 is 34.9 Å². The second kappa shape index (κ2) is 10.2. The summed E-state index contributed by atoms with van der Waals surface area (Å²) in [7, 11) is 3.58. The summed E-state index contributed by atoms with van der Waals surface area (Å²) in [6, 6.07) is 2.70. The molecule has 1 N–H and O–H groups in total. The number of carbonyl (C=O) groups excluding carboxylic acids is 1. The Bertz CT molecular complexity index is 694. The van der Waals surface area contributed by atoms with Gasteiger partial charge < -0.3 is 15.1 Å². The van der Waals surface area contributed by atoms with Crippen LogP contribution in [0.25, 0.3) is 0 Å². The summed E-state index contributed by atoms with van der Waals surface area (Å²) in [6.07, 6.45) is 7.56. The van der Waals surface area contributed by atoms with E-state index in [1.165, 1.54) is 19.3 Å². The Kier molecular flexibility index (Phi) is 7.88. The smallest absolute Gasteiger partial charge is 0.317 e. The SMILES string of the molecule is C[C@@H]1CN(CC[C@H]2CC[C@H](NC(=O)N(C)C)CC2)CCN1c1ccnc(Cl)c1Cl. The van der Waals surface area contributed by atoms with Crippen molar-refractivity contribution in [1.82, 2.24) is 20.1 Å². The molecule has 0 aromatic carbocycles. The van der Waals surface area contributed by atoms with E-state index in [9.17, 15) is 4.79 Å². The van der Waals surface area contributed by atoms with E-state index in [4.69, 9.17) is 23.2 Å². The molecular formula is C21H33Cl2N5O. The highest BCUT2D eigenvalue weighted by Gasteiger charge is 2.27. The molecule has 1 atom stereocenters. The van der Waals surface area contributed by atoms with Crippen molar-refractivity contribution in [3.8, 4) is 0 Å². The second-order valence-electron chi connectivity index (χ2n) is 8.63. The molecule has 162 valence electrons. The maximum Gasteiger partial charge on any atom is 0.317 e. The molecule has 0 bridgehead atoms. The molecule has 1 aromatic rings. The zero-order valence-electron chi connectivity index (χ0n) is 17.7. The van der Waals surface area contributed by atoms with Gasteiger partial charge in [0.25, 0.3) is 0 Å². The van der Waals surface area contributed by atoms with Crippen molar-refractivity contribution < 1.29 is 4.79 Å². The van der Waals surface area contributed by atoms with E-state index in [0.29, 0.717) is 22.3 Å². The number of anilines is 1. The molecule has 29 heavy (non-hydrogen) atoms. The first kappa shape index (κ1) is 22.4. The predicted molar refractivity (Wildman–Crippen MR) is 120 cm³/mol. The first-order valence-electron chi connectivity index (χ1n) is 10.6. The molecule has 0 unspecified atom stereocenters. The summed E-state index contributed by atoms with van der Waals surface area (Å²) >= 11 is 12.5. The average Bonchev–Trinajstić information content (AvgIpc) is 2.70. The maximum atomic E-state index is 11.8. The van der Waals surface area contributed by atoms with Crippen LogP contribution in [0.15, 0.2) is 12.3 Å². The number of hydrogen-bond acceptors (Lipinski definition) is 4. The highest BCUT2D eigenvalue weighted by molar-refractivity contribution is 6.42. The molecule has 1 aliphatic carbocycles. The number of pyridine rings is 1. The summed E-state index contributed by atoms with van der Waals surface area (Å²) in [5.41, 5.74) is 0.983. The lowest BCUT2D eigenvalue weighted by Crippen LogP contribution is -2.52. The van der Waals surface area contributed by atoms with Gasteiger partial charge in [-0.2, -0.15) is 0 Å². The third-order valence-corrected chi connectivity index (χ3v) is 7.04. The Labute approximate surface area is 184 Å². The molecule has 0 spiro atoms. The number of piperazine rings is 1. The van der Waals surface area contributed by atoms with Crippen LogP contribution in [-0.2, 0) is 0 Å². The topological polar surface area (TPSA) is 51.7 Å². The summed E-state index contributed by atoms with van der Waals surface area (Å²) in [6.45, 7) is 6.40. The molecule has 1 saturated heterocycles. The van der Waals surface area contributed by atoms with Gasteiger partial charge in [-0.05, 0) is 57.6 Å². The molecule has 6 nitrogen and oxygen atoms in total. The lowest BCUT2D eigenvalue weighted by Gasteiger charge is -2.42. The van der Waals surface area contributed by atoms with E-state index < -0.39 is 0 Å². The van der Waals surface area contributed by atoms with Gasteiger partial charge in [0.1, 0.15) is 10.2 Å². The van der Waals surface area contributed by atoms with Crippen LogP contribution in [0.3, 0.4) is 0 Å². The Morgan fingerprint density at radius 1 is 1.24 bits per heavy atom. The predicted octanol–water partition coefficient (Wildman–Crippen LogP) is 4.12. The number of urea groups is 1. The zero-order chi connectivity index (χ0) is 21.0. The largest absolute Gasteiger partial charge is 0.365 e. The van der Waals surface area contributed by atoms with E-state index in [1.807, 2.05) is 6.07 Å². The summed E-state index contributed by atoms with van der Waals surface area (Å²) in [5, 5.41) is 4.05. The van der Waals surface area contributed by atoms with Crippen molar-refractivity contribution in [2.45, 2.75) is 51.1 Å². The monoisotopic (exact) mass is 441 g/mol. The first-order valence-corrected chi connectivity index (χ1v) is 11.4. The van der Waals surface area contributed by atoms with E-state index in [-0.39, 0.29) is 6.03 Å². The van der Waals surface area contributed by atoms with Gasteiger partial charge in [-0.3, -0.25) is 4.90 Å². The van der Waals surface area contributed by atoms with Crippen LogP contribution in [0, 0.1) is 5.92 Å². The third kappa shape index (κ3) is 5.89. The average molecular weight is 442 g/mol. The number of hydrogen-bond donors (Lipinski definition) is 1. The Morgan fingerprint density at radius 3 is 2.62 bits per heavy atom. The summed E-state index contributed by atoms with van der Waals surface area (Å²) in [4.78, 5) is 22.4. The Morgan fingerprint density at radius 2 is 1.97 bits per heavy atom. The minimum absolute atomic E-state index is 0.0240. The van der Waals surface area contributed by atoms with Crippen molar-refractivity contribution in [2.75, 3.05) is 45.2 Å². The molecule has 1 saturated carbocycles. The van der Waals surface area contributed by atoms with E-state index in [2.05, 4.69) is 27.0 Å². The zero-order valence-corrected chi connectivity index (χ0v) is 19.2. The van der Waals surface area contributed by atoms with Crippen molar-refractivity contribution in [1.29, 1.82) is 0 Å². The molecular weight excluding hydrogens is 409 g/mol. The van der Waals surface area contributed by atoms with Crippen LogP contribution in [0.2, 0.25) is 10.2 Å². The van der Waals surface area contributed by atoms with Gasteiger partial charge in [0, 0.05) is 52.0 Å². The van der Waals surface area contributed by atoms with Crippen LogP contribution in [0.4, 0.5) is 10.5 Å². The Hall–Kier alpha value is -1.24. The van der Waals surface area contributed by atoms with Gasteiger partial charge >= 0.3 is 6.03 Å². The minimum Gasteiger partial charge on any atom is -0.365 e. The molecule has 1 aromatic heterocycles. The lowest BCUT2D eigenvalue weighted by molar-refractivity contribution is 0.187. The van der Waals surface area contributed by atoms with Crippen LogP contribution < -0.4 is 10.2 Å². The fourth-order valence-electron chi connectivity index (χ4n) is 4.49. The summed E-state index contributed by atoms with van der Waals surface area (Å²) < 4.78 is 0. The van der Waals surface area contributed by atoms with Gasteiger partial charge in [0.05, 0.1) is 5.69 Å². The first-order chi connectivity index (χ1) is 13.8. The van der Waals surface area contributed by atoms with Crippen molar-refractivity contribution in [2.24, 2.45) is 5.92 Å². The van der Waals surface area contributed by atoms with Gasteiger partial charge in [-0.15, -0.1) is 0 Å². The highest BCUT2D eigenvalue weighted by atomic mass is 35.5. The van der Waals surface area contributed by atoms with Gasteiger partial charge in [0.15, 0.2) is 0 Å². The highest BCUT2D eigenvalue weighted by Crippen LogP contribution is 2.33. The number of aromatic nitrogens is 1.